The van der Waals surface area contributed by atoms with Crippen LogP contribution in [0.1, 0.15) is 12.0 Å². The van der Waals surface area contributed by atoms with Crippen LogP contribution in [0.2, 0.25) is 0 Å². The molecule has 0 bridgehead atoms. The Hall–Kier alpha value is -3.65. The van der Waals surface area contributed by atoms with Gasteiger partial charge in [-0.15, -0.1) is 11.3 Å². The van der Waals surface area contributed by atoms with Crippen molar-refractivity contribution in [2.24, 2.45) is 0 Å². The lowest BCUT2D eigenvalue weighted by molar-refractivity contribution is -0.137. The number of carbonyl (C=O) groups excluding carboxylic acids is 2. The predicted octanol–water partition coefficient (Wildman–Crippen LogP) is 4.32. The van der Waals surface area contributed by atoms with Gasteiger partial charge in [0.2, 0.25) is 0 Å². The van der Waals surface area contributed by atoms with Crippen LogP contribution in [-0.4, -0.2) is 38.1 Å². The topological polar surface area (TPSA) is 118 Å². The average Bonchev–Trinajstić information content (AvgIpc) is 3.43. The van der Waals surface area contributed by atoms with E-state index in [9.17, 15) is 31.2 Å². The normalized spacial score (nSPS) is 16.3. The lowest BCUT2D eigenvalue weighted by Crippen LogP contribution is -2.33. The molecule has 1 aliphatic rings. The molecular weight excluding hydrogens is 509 g/mol. The molecule has 2 amide bonds. The minimum Gasteiger partial charge on any atom is -0.436 e. The van der Waals surface area contributed by atoms with Crippen LogP contribution < -0.4 is 14.9 Å². The zero-order valence-electron chi connectivity index (χ0n) is 17.7. The van der Waals surface area contributed by atoms with Crippen molar-refractivity contribution >= 4 is 49.9 Å². The molecule has 0 radical (unpaired) electrons. The van der Waals surface area contributed by atoms with Crippen LogP contribution in [0.4, 0.5) is 34.5 Å². The van der Waals surface area contributed by atoms with Gasteiger partial charge in [0.05, 0.1) is 10.5 Å². The molecule has 9 nitrogen and oxygen atoms in total. The maximum atomic E-state index is 12.8. The predicted molar refractivity (Wildman–Crippen MR) is 122 cm³/mol. The monoisotopic (exact) mass is 526 g/mol. The van der Waals surface area contributed by atoms with E-state index < -0.39 is 39.9 Å². The summed E-state index contributed by atoms with van der Waals surface area (Å²) < 4.78 is 70.8. The first-order chi connectivity index (χ1) is 16.5. The van der Waals surface area contributed by atoms with Gasteiger partial charge in [0, 0.05) is 35.9 Å². The molecular formula is C21H17F3N4O5S2. The number of hydrogen-bond acceptors (Lipinski definition) is 7. The van der Waals surface area contributed by atoms with Gasteiger partial charge in [-0.25, -0.2) is 18.2 Å². The molecule has 0 aliphatic carbocycles. The van der Waals surface area contributed by atoms with Crippen molar-refractivity contribution in [1.29, 1.82) is 0 Å². The van der Waals surface area contributed by atoms with Gasteiger partial charge in [-0.05, 0) is 42.5 Å². The van der Waals surface area contributed by atoms with Crippen molar-refractivity contribution in [3.63, 3.8) is 0 Å². The first-order valence-corrected chi connectivity index (χ1v) is 12.4. The van der Waals surface area contributed by atoms with Crippen molar-refractivity contribution in [3.8, 4) is 0 Å². The van der Waals surface area contributed by atoms with E-state index in [1.54, 1.807) is 5.38 Å². The second kappa shape index (κ2) is 9.54. The van der Waals surface area contributed by atoms with Gasteiger partial charge < -0.3 is 9.64 Å². The number of carbonyl (C=O) groups is 2. The first-order valence-electron chi connectivity index (χ1n) is 10.0. The summed E-state index contributed by atoms with van der Waals surface area (Å²) >= 11 is 1.12. The summed E-state index contributed by atoms with van der Waals surface area (Å²) in [7, 11) is -3.86. The second-order valence-corrected chi connectivity index (χ2v) is 9.89. The van der Waals surface area contributed by atoms with E-state index in [0.717, 1.165) is 29.5 Å². The highest BCUT2D eigenvalue weighted by molar-refractivity contribution is 7.93. The van der Waals surface area contributed by atoms with Gasteiger partial charge in [-0.2, -0.15) is 13.2 Å². The Kier molecular flexibility index (Phi) is 6.67. The fourth-order valence-electron chi connectivity index (χ4n) is 3.32. The van der Waals surface area contributed by atoms with Crippen LogP contribution in [0, 0.1) is 0 Å². The molecule has 35 heavy (non-hydrogen) atoms. The number of hydrogen-bond donors (Lipinski definition) is 2. The van der Waals surface area contributed by atoms with Crippen LogP contribution in [0.15, 0.2) is 65.0 Å². The summed E-state index contributed by atoms with van der Waals surface area (Å²) in [4.78, 5) is 30.0. The van der Waals surface area contributed by atoms with E-state index >= 15 is 0 Å². The number of rotatable bonds is 6. The Labute approximate surface area is 201 Å². The number of thiazole rings is 1. The van der Waals surface area contributed by atoms with Gasteiger partial charge >= 0.3 is 12.3 Å². The van der Waals surface area contributed by atoms with Crippen LogP contribution in [-0.2, 0) is 25.7 Å². The van der Waals surface area contributed by atoms with Gasteiger partial charge in [0.1, 0.15) is 0 Å². The quantitative estimate of drug-likeness (QED) is 0.494. The minimum absolute atomic E-state index is 0.0311. The van der Waals surface area contributed by atoms with E-state index in [2.05, 4.69) is 15.0 Å². The maximum Gasteiger partial charge on any atom is 0.416 e. The maximum absolute atomic E-state index is 12.8. The molecule has 1 atom stereocenters. The van der Waals surface area contributed by atoms with Crippen LogP contribution in [0.25, 0.3) is 0 Å². The van der Waals surface area contributed by atoms with E-state index in [0.29, 0.717) is 5.69 Å². The Bertz CT molecular complexity index is 1330. The molecule has 184 valence electrons. The summed E-state index contributed by atoms with van der Waals surface area (Å²) in [6.07, 6.45) is -5.17. The number of ether oxygens (including phenoxy) is 1. The van der Waals surface area contributed by atoms with E-state index in [1.807, 2.05) is 0 Å². The lowest BCUT2D eigenvalue weighted by atomic mass is 10.2. The van der Waals surface area contributed by atoms with Gasteiger partial charge in [0.15, 0.2) is 11.2 Å². The number of nitrogens with zero attached hydrogens (tertiary/aromatic N) is 2. The zero-order chi connectivity index (χ0) is 25.2. The Morgan fingerprint density at radius 2 is 1.91 bits per heavy atom. The minimum atomic E-state index is -4.57. The molecule has 4 rings (SSSR count). The second-order valence-electron chi connectivity index (χ2n) is 7.31. The van der Waals surface area contributed by atoms with Crippen molar-refractivity contribution in [1.82, 2.24) is 4.98 Å². The number of sulfonamides is 1. The molecule has 1 aliphatic heterocycles. The number of halogens is 3. The third kappa shape index (κ3) is 5.71. The molecule has 3 aromatic rings. The fourth-order valence-corrected chi connectivity index (χ4v) is 5.11. The molecule has 2 aromatic carbocycles. The standard InChI is InChI=1S/C21H17F3N4O5S2/c22-21(23,24)13-2-1-3-14(12-13)26-20(30)33-17-8-10-28(18(17)29)15-4-6-16(7-5-15)35(31,32)27-19-25-9-11-34-19/h1-7,9,11-12,17H,8,10H2,(H,25,27)(H,26,30). The third-order valence-electron chi connectivity index (χ3n) is 4.95. The molecule has 1 fully saturated rings. The van der Waals surface area contributed by atoms with Crippen molar-refractivity contribution in [2.45, 2.75) is 23.6 Å². The van der Waals surface area contributed by atoms with Crippen molar-refractivity contribution < 1.29 is 35.9 Å². The zero-order valence-corrected chi connectivity index (χ0v) is 19.3. The van der Waals surface area contributed by atoms with Crippen molar-refractivity contribution in [2.75, 3.05) is 21.5 Å². The molecule has 14 heteroatoms. The first kappa shape index (κ1) is 24.5. The Balaban J connectivity index is 1.37. The molecule has 0 spiro atoms. The molecule has 1 unspecified atom stereocenters. The number of nitrogens with one attached hydrogen (secondary N) is 2. The van der Waals surface area contributed by atoms with Gasteiger partial charge in [-0.1, -0.05) is 6.07 Å². The van der Waals surface area contributed by atoms with Crippen LogP contribution >= 0.6 is 11.3 Å². The number of anilines is 3. The van der Waals surface area contributed by atoms with E-state index in [4.69, 9.17) is 4.74 Å². The summed E-state index contributed by atoms with van der Waals surface area (Å²) in [5.74, 6) is -0.541. The smallest absolute Gasteiger partial charge is 0.416 e. The number of amides is 2. The van der Waals surface area contributed by atoms with Crippen molar-refractivity contribution in [3.05, 3.63) is 65.7 Å². The molecule has 0 saturated carbocycles. The van der Waals surface area contributed by atoms with Gasteiger partial charge in [0.25, 0.3) is 15.9 Å². The van der Waals surface area contributed by atoms with E-state index in [1.165, 1.54) is 41.4 Å². The fraction of sp³-hybridized carbons (Fsp3) is 0.190. The van der Waals surface area contributed by atoms with Crippen LogP contribution in [0.5, 0.6) is 0 Å². The van der Waals surface area contributed by atoms with E-state index in [-0.39, 0.29) is 28.7 Å². The Morgan fingerprint density at radius 1 is 1.17 bits per heavy atom. The largest absolute Gasteiger partial charge is 0.436 e. The highest BCUT2D eigenvalue weighted by Gasteiger charge is 2.36. The molecule has 1 aromatic heterocycles. The summed E-state index contributed by atoms with van der Waals surface area (Å²) in [5, 5.41) is 4.03. The summed E-state index contributed by atoms with van der Waals surface area (Å²) in [5.41, 5.74) is -0.673. The number of alkyl halides is 3. The molecule has 2 N–H and O–H groups in total. The SMILES string of the molecule is O=C(Nc1cccc(C(F)(F)F)c1)OC1CCN(c2ccc(S(=O)(=O)Nc3nccs3)cc2)C1=O. The highest BCUT2D eigenvalue weighted by atomic mass is 32.2. The third-order valence-corrected chi connectivity index (χ3v) is 7.13. The number of aromatic nitrogens is 1. The Morgan fingerprint density at radius 3 is 2.57 bits per heavy atom. The molecule has 1 saturated heterocycles. The summed E-state index contributed by atoms with van der Waals surface area (Å²) in [6, 6.07) is 9.55. The van der Waals surface area contributed by atoms with Gasteiger partial charge in [-0.3, -0.25) is 14.8 Å². The average molecular weight is 527 g/mol. The highest BCUT2D eigenvalue weighted by Crippen LogP contribution is 2.31. The molecule has 2 heterocycles. The van der Waals surface area contributed by atoms with Crippen LogP contribution in [0.3, 0.4) is 0 Å². The lowest BCUT2D eigenvalue weighted by Gasteiger charge is -2.17. The number of benzene rings is 2. The summed E-state index contributed by atoms with van der Waals surface area (Å²) in [6.45, 7) is 0.198.